The largest absolute Gasteiger partial charge is 0.330 e. The fourth-order valence-corrected chi connectivity index (χ4v) is 6.76. The van der Waals surface area contributed by atoms with E-state index >= 15 is 0 Å². The molecule has 35 heavy (non-hydrogen) atoms. The Kier molecular flexibility index (Phi) is 7.00. The van der Waals surface area contributed by atoms with Gasteiger partial charge in [-0.25, -0.2) is 4.98 Å². The summed E-state index contributed by atoms with van der Waals surface area (Å²) in [6, 6.07) is 22.6. The van der Waals surface area contributed by atoms with Gasteiger partial charge >= 0.3 is 0 Å². The van der Waals surface area contributed by atoms with E-state index in [1.165, 1.54) is 9.58 Å². The summed E-state index contributed by atoms with van der Waals surface area (Å²) in [5.74, 6) is 1.15. The number of nitrogens with zero attached hydrogens (tertiary/aromatic N) is 3. The summed E-state index contributed by atoms with van der Waals surface area (Å²) in [6.07, 6.45) is 0.744. The zero-order chi connectivity index (χ0) is 24.4. The Morgan fingerprint density at radius 1 is 1.09 bits per heavy atom. The average Bonchev–Trinajstić information content (AvgIpc) is 3.56. The van der Waals surface area contributed by atoms with Crippen molar-refractivity contribution in [1.29, 1.82) is 0 Å². The third kappa shape index (κ3) is 4.76. The molecular formula is C28H30N4OS2. The van der Waals surface area contributed by atoms with Crippen molar-refractivity contribution in [3.05, 3.63) is 88.4 Å². The molecule has 0 aliphatic heterocycles. The van der Waals surface area contributed by atoms with E-state index in [-0.39, 0.29) is 17.9 Å². The van der Waals surface area contributed by atoms with E-state index in [2.05, 4.69) is 72.3 Å². The predicted octanol–water partition coefficient (Wildman–Crippen LogP) is 6.55. The fourth-order valence-electron chi connectivity index (χ4n) is 4.69. The van der Waals surface area contributed by atoms with Crippen molar-refractivity contribution in [3.63, 3.8) is 0 Å². The molecule has 1 amide bonds. The van der Waals surface area contributed by atoms with Crippen LogP contribution in [0, 0.1) is 5.92 Å². The van der Waals surface area contributed by atoms with Gasteiger partial charge in [0, 0.05) is 18.5 Å². The van der Waals surface area contributed by atoms with Gasteiger partial charge in [-0.05, 0) is 54.1 Å². The van der Waals surface area contributed by atoms with Crippen molar-refractivity contribution in [2.24, 2.45) is 11.7 Å². The quantitative estimate of drug-likeness (QED) is 0.249. The molecule has 0 fully saturated rings. The first-order valence-electron chi connectivity index (χ1n) is 12.0. The lowest BCUT2D eigenvalue weighted by molar-refractivity contribution is 0.0610. The molecule has 0 unspecified atom stereocenters. The predicted molar refractivity (Wildman–Crippen MR) is 147 cm³/mol. The molecule has 5 rings (SSSR count). The maximum Gasteiger partial charge on any atom is 0.264 e. The van der Waals surface area contributed by atoms with Crippen LogP contribution in [0.1, 0.15) is 47.4 Å². The first-order valence-corrected chi connectivity index (χ1v) is 13.7. The summed E-state index contributed by atoms with van der Waals surface area (Å²) in [5.41, 5.74) is 9.15. The van der Waals surface area contributed by atoms with E-state index in [0.717, 1.165) is 33.5 Å². The van der Waals surface area contributed by atoms with E-state index < -0.39 is 0 Å². The fraction of sp³-hybridized carbons (Fsp3) is 0.286. The third-order valence-corrected chi connectivity index (χ3v) is 8.52. The zero-order valence-electron chi connectivity index (χ0n) is 20.1. The van der Waals surface area contributed by atoms with E-state index in [0.29, 0.717) is 19.6 Å². The molecule has 0 aliphatic rings. The maximum atomic E-state index is 14.0. The standard InChI is InChI=1S/C28H30N4OS2/c1-19(2)25(31(15-8-14-29)27(33)24-17-21-13-16-34-28(21)35-24)26-30-22-11-6-7-12-23(22)32(26)18-20-9-4-3-5-10-20/h3-7,9-13,16-17,19,25H,8,14-15,18,29H2,1-2H3/t25-/m1/s1. The average molecular weight is 503 g/mol. The summed E-state index contributed by atoms with van der Waals surface area (Å²) in [5, 5.41) is 3.21. The van der Waals surface area contributed by atoms with Crippen LogP contribution in [-0.4, -0.2) is 33.4 Å². The number of thiophene rings is 2. The highest BCUT2D eigenvalue weighted by atomic mass is 32.2. The number of fused-ring (bicyclic) bond motifs is 2. The van der Waals surface area contributed by atoms with Crippen molar-refractivity contribution in [2.75, 3.05) is 13.1 Å². The molecule has 2 aromatic carbocycles. The van der Waals surface area contributed by atoms with Crippen LogP contribution in [0.15, 0.2) is 72.1 Å². The molecule has 0 spiro atoms. The molecule has 0 saturated carbocycles. The van der Waals surface area contributed by atoms with Crippen molar-refractivity contribution >= 4 is 49.0 Å². The van der Waals surface area contributed by atoms with Crippen molar-refractivity contribution in [1.82, 2.24) is 14.5 Å². The summed E-state index contributed by atoms with van der Waals surface area (Å²) in [4.78, 5) is 21.9. The molecule has 180 valence electrons. The lowest BCUT2D eigenvalue weighted by atomic mass is 10.00. The first-order chi connectivity index (χ1) is 17.1. The molecule has 7 heteroatoms. The maximum absolute atomic E-state index is 14.0. The van der Waals surface area contributed by atoms with Gasteiger partial charge in [-0.3, -0.25) is 4.79 Å². The minimum absolute atomic E-state index is 0.0591. The second-order valence-corrected chi connectivity index (χ2v) is 11.4. The Morgan fingerprint density at radius 2 is 1.86 bits per heavy atom. The minimum atomic E-state index is -0.176. The summed E-state index contributed by atoms with van der Waals surface area (Å²) < 4.78 is 3.47. The number of imidazole rings is 1. The first kappa shape index (κ1) is 23.7. The lowest BCUT2D eigenvalue weighted by Crippen LogP contribution is -2.40. The van der Waals surface area contributed by atoms with E-state index in [1.807, 2.05) is 23.1 Å². The van der Waals surface area contributed by atoms with Crippen LogP contribution in [0.5, 0.6) is 0 Å². The number of rotatable bonds is 9. The Balaban J connectivity index is 1.62. The number of nitrogens with two attached hydrogens (primary N) is 1. The highest BCUT2D eigenvalue weighted by molar-refractivity contribution is 7.38. The smallest absolute Gasteiger partial charge is 0.264 e. The van der Waals surface area contributed by atoms with Gasteiger partial charge in [-0.1, -0.05) is 56.3 Å². The van der Waals surface area contributed by atoms with Crippen molar-refractivity contribution < 1.29 is 4.79 Å². The van der Waals surface area contributed by atoms with Gasteiger partial charge in [0.15, 0.2) is 0 Å². The van der Waals surface area contributed by atoms with Gasteiger partial charge in [0.05, 0.1) is 26.0 Å². The lowest BCUT2D eigenvalue weighted by Gasteiger charge is -2.34. The number of hydrogen-bond acceptors (Lipinski definition) is 5. The van der Waals surface area contributed by atoms with E-state index in [1.54, 1.807) is 22.7 Å². The van der Waals surface area contributed by atoms with Gasteiger partial charge in [0.25, 0.3) is 5.91 Å². The summed E-state index contributed by atoms with van der Waals surface area (Å²) >= 11 is 3.26. The number of benzene rings is 2. The molecule has 3 heterocycles. The van der Waals surface area contributed by atoms with Gasteiger partial charge in [0.1, 0.15) is 5.82 Å². The van der Waals surface area contributed by atoms with Crippen LogP contribution in [0.25, 0.3) is 20.4 Å². The number of amides is 1. The molecule has 0 saturated heterocycles. The van der Waals surface area contributed by atoms with Gasteiger partial charge in [-0.2, -0.15) is 0 Å². The Hall–Kier alpha value is -3.00. The Morgan fingerprint density at radius 3 is 2.60 bits per heavy atom. The molecule has 2 N–H and O–H groups in total. The molecular weight excluding hydrogens is 472 g/mol. The van der Waals surface area contributed by atoms with Crippen LogP contribution in [0.3, 0.4) is 0 Å². The number of para-hydroxylation sites is 2. The van der Waals surface area contributed by atoms with Crippen LogP contribution >= 0.6 is 22.7 Å². The normalized spacial score (nSPS) is 12.6. The van der Waals surface area contributed by atoms with Gasteiger partial charge in [0.2, 0.25) is 0 Å². The molecule has 1 atom stereocenters. The highest BCUT2D eigenvalue weighted by Gasteiger charge is 2.33. The van der Waals surface area contributed by atoms with Crippen LogP contribution in [0.4, 0.5) is 0 Å². The molecule has 0 radical (unpaired) electrons. The Labute approximate surface area is 213 Å². The van der Waals surface area contributed by atoms with Crippen molar-refractivity contribution in [3.8, 4) is 0 Å². The monoisotopic (exact) mass is 502 g/mol. The third-order valence-electron chi connectivity index (χ3n) is 6.32. The Bertz CT molecular complexity index is 1400. The topological polar surface area (TPSA) is 64.2 Å². The minimum Gasteiger partial charge on any atom is -0.330 e. The van der Waals surface area contributed by atoms with Gasteiger partial charge in [-0.15, -0.1) is 22.7 Å². The zero-order valence-corrected chi connectivity index (χ0v) is 21.7. The molecule has 0 aliphatic carbocycles. The van der Waals surface area contributed by atoms with Crippen LogP contribution in [0.2, 0.25) is 0 Å². The second kappa shape index (κ2) is 10.3. The van der Waals surface area contributed by atoms with Crippen LogP contribution in [-0.2, 0) is 6.54 Å². The van der Waals surface area contributed by atoms with Gasteiger partial charge < -0.3 is 15.2 Å². The molecule has 3 aromatic heterocycles. The number of carbonyl (C=O) groups is 1. The van der Waals surface area contributed by atoms with E-state index in [4.69, 9.17) is 10.7 Å². The van der Waals surface area contributed by atoms with E-state index in [9.17, 15) is 4.79 Å². The summed E-state index contributed by atoms with van der Waals surface area (Å²) in [7, 11) is 0. The van der Waals surface area contributed by atoms with Crippen molar-refractivity contribution in [2.45, 2.75) is 32.9 Å². The highest BCUT2D eigenvalue weighted by Crippen LogP contribution is 2.36. The number of aromatic nitrogens is 2. The SMILES string of the molecule is CC(C)[C@H](c1nc2ccccc2n1Cc1ccccc1)N(CCCN)C(=O)c1cc2ccsc2s1. The molecule has 5 aromatic rings. The second-order valence-electron chi connectivity index (χ2n) is 9.13. The molecule has 0 bridgehead atoms. The number of carbonyl (C=O) groups excluding carboxylic acids is 1. The summed E-state index contributed by atoms with van der Waals surface area (Å²) in [6.45, 7) is 6.18. The van der Waals surface area contributed by atoms with Crippen LogP contribution < -0.4 is 5.73 Å². The number of hydrogen-bond donors (Lipinski definition) is 1. The molecule has 5 nitrogen and oxygen atoms in total.